The summed E-state index contributed by atoms with van der Waals surface area (Å²) in [4.78, 5) is 17.9. The van der Waals surface area contributed by atoms with Gasteiger partial charge in [-0.3, -0.25) is 0 Å². The van der Waals surface area contributed by atoms with Crippen LogP contribution in [0.2, 0.25) is 0 Å². The van der Waals surface area contributed by atoms with Gasteiger partial charge in [0.1, 0.15) is 0 Å². The van der Waals surface area contributed by atoms with Crippen molar-refractivity contribution in [3.05, 3.63) is 4.91 Å². The van der Waals surface area contributed by atoms with Gasteiger partial charge in [-0.05, 0) is 6.92 Å². The number of carbonyl (C=O) groups excluding carboxylic acids is 1. The molecular formula is C3H9N3O2. The van der Waals surface area contributed by atoms with Crippen molar-refractivity contribution in [3.8, 4) is 0 Å². The van der Waals surface area contributed by atoms with E-state index in [1.54, 1.807) is 6.92 Å². The Morgan fingerprint density at radius 1 is 1.62 bits per heavy atom. The Bertz CT molecular complexity index is 68.9. The Labute approximate surface area is 47.0 Å². The first-order valence-electron chi connectivity index (χ1n) is 1.99. The quantitative estimate of drug-likeness (QED) is 0.467. The van der Waals surface area contributed by atoms with Gasteiger partial charge in [0.25, 0.3) is 0 Å². The lowest BCUT2D eigenvalue weighted by atomic mass is 10.8. The third-order valence-electron chi connectivity index (χ3n) is 0.129. The van der Waals surface area contributed by atoms with Gasteiger partial charge in [0.15, 0.2) is 0 Å². The molecule has 0 atom stereocenters. The fourth-order valence-corrected chi connectivity index (χ4v) is 0. The average Bonchev–Trinajstić information content (AvgIpc) is 1.65. The van der Waals surface area contributed by atoms with Crippen molar-refractivity contribution in [1.29, 1.82) is 0 Å². The van der Waals surface area contributed by atoms with Crippen LogP contribution < -0.4 is 11.5 Å². The smallest absolute Gasteiger partial charge is 0.309 e. The second kappa shape index (κ2) is 9.30. The SMILES string of the molecule is CCN=O.NC(N)=O. The lowest BCUT2D eigenvalue weighted by Gasteiger charge is -1.62. The number of nitroso groups, excluding NO2 is 1. The molecule has 8 heavy (non-hydrogen) atoms. The van der Waals surface area contributed by atoms with Crippen molar-refractivity contribution in [2.24, 2.45) is 16.6 Å². The van der Waals surface area contributed by atoms with E-state index >= 15 is 0 Å². The Morgan fingerprint density at radius 3 is 1.75 bits per heavy atom. The van der Waals surface area contributed by atoms with E-state index in [1.165, 1.54) is 0 Å². The number of nitrogens with two attached hydrogens (primary N) is 2. The van der Waals surface area contributed by atoms with Crippen LogP contribution in [0.5, 0.6) is 0 Å². The first-order valence-corrected chi connectivity index (χ1v) is 1.99. The molecule has 5 heteroatoms. The predicted octanol–water partition coefficient (Wildman–Crippen LogP) is -0.203. The highest BCUT2D eigenvalue weighted by Gasteiger charge is 1.60. The molecule has 0 aromatic rings. The maximum atomic E-state index is 9.00. The molecule has 0 aromatic carbocycles. The summed E-state index contributed by atoms with van der Waals surface area (Å²) in [5.74, 6) is 0. The van der Waals surface area contributed by atoms with Crippen LogP contribution >= 0.6 is 0 Å². The van der Waals surface area contributed by atoms with E-state index in [0.29, 0.717) is 6.54 Å². The molecule has 0 aliphatic rings. The normalized spacial score (nSPS) is 6.12. The minimum atomic E-state index is -0.833. The predicted molar refractivity (Wildman–Crippen MR) is 30.1 cm³/mol. The summed E-state index contributed by atoms with van der Waals surface area (Å²) >= 11 is 0. The molecule has 0 heterocycles. The number of urea groups is 1. The number of amides is 2. The molecule has 0 aromatic heterocycles. The van der Waals surface area contributed by atoms with E-state index in [-0.39, 0.29) is 0 Å². The van der Waals surface area contributed by atoms with Crippen LogP contribution in [0.4, 0.5) is 4.79 Å². The molecule has 0 spiro atoms. The Balaban J connectivity index is 0. The summed E-state index contributed by atoms with van der Waals surface area (Å²) in [6.45, 7) is 2.09. The molecular weight excluding hydrogens is 110 g/mol. The largest absolute Gasteiger partial charge is 0.352 e. The van der Waals surface area contributed by atoms with Gasteiger partial charge in [-0.25, -0.2) is 4.79 Å². The van der Waals surface area contributed by atoms with Crippen molar-refractivity contribution in [2.45, 2.75) is 6.92 Å². The molecule has 0 unspecified atom stereocenters. The van der Waals surface area contributed by atoms with Crippen LogP contribution in [0, 0.1) is 4.91 Å². The Kier molecular flexibility index (Phi) is 11.6. The van der Waals surface area contributed by atoms with Crippen LogP contribution in [0.25, 0.3) is 0 Å². The molecule has 0 radical (unpaired) electrons. The van der Waals surface area contributed by atoms with E-state index in [0.717, 1.165) is 0 Å². The zero-order valence-electron chi connectivity index (χ0n) is 4.63. The molecule has 0 fully saturated rings. The van der Waals surface area contributed by atoms with Crippen molar-refractivity contribution >= 4 is 6.03 Å². The van der Waals surface area contributed by atoms with Crippen LogP contribution in [0.1, 0.15) is 6.92 Å². The van der Waals surface area contributed by atoms with Gasteiger partial charge in [0, 0.05) is 0 Å². The second-order valence-corrected chi connectivity index (χ2v) is 0.848. The molecule has 0 saturated heterocycles. The summed E-state index contributed by atoms with van der Waals surface area (Å²) < 4.78 is 0. The van der Waals surface area contributed by atoms with E-state index in [9.17, 15) is 0 Å². The monoisotopic (exact) mass is 119 g/mol. The van der Waals surface area contributed by atoms with Crippen molar-refractivity contribution in [2.75, 3.05) is 6.54 Å². The van der Waals surface area contributed by atoms with Crippen molar-refractivity contribution in [1.82, 2.24) is 0 Å². The molecule has 0 bridgehead atoms. The number of rotatable bonds is 1. The van der Waals surface area contributed by atoms with Gasteiger partial charge in [-0.15, -0.1) is 0 Å². The number of primary amides is 2. The van der Waals surface area contributed by atoms with Crippen LogP contribution in [0.3, 0.4) is 0 Å². The highest BCUT2D eigenvalue weighted by Crippen LogP contribution is 1.52. The summed E-state index contributed by atoms with van der Waals surface area (Å²) in [6, 6.07) is -0.833. The van der Waals surface area contributed by atoms with Gasteiger partial charge < -0.3 is 11.5 Å². The Morgan fingerprint density at radius 2 is 1.75 bits per heavy atom. The zero-order valence-corrected chi connectivity index (χ0v) is 4.63. The molecule has 0 saturated carbocycles. The highest BCUT2D eigenvalue weighted by atomic mass is 16.3. The van der Waals surface area contributed by atoms with Crippen LogP contribution in [-0.4, -0.2) is 12.6 Å². The van der Waals surface area contributed by atoms with Crippen LogP contribution in [-0.2, 0) is 0 Å². The highest BCUT2D eigenvalue weighted by molar-refractivity contribution is 5.69. The lowest BCUT2D eigenvalue weighted by Crippen LogP contribution is -2.18. The second-order valence-electron chi connectivity index (χ2n) is 0.848. The third kappa shape index (κ3) is 4320. The van der Waals surface area contributed by atoms with Gasteiger partial charge in [-0.1, -0.05) is 5.18 Å². The molecule has 0 aliphatic heterocycles. The maximum absolute atomic E-state index is 9.00. The minimum absolute atomic E-state index is 0.389. The molecule has 0 aliphatic carbocycles. The molecule has 0 rings (SSSR count). The number of hydrogen-bond donors (Lipinski definition) is 2. The fourth-order valence-electron chi connectivity index (χ4n) is 0. The van der Waals surface area contributed by atoms with Gasteiger partial charge in [0.2, 0.25) is 0 Å². The third-order valence-corrected chi connectivity index (χ3v) is 0.129. The number of hydrogen-bond acceptors (Lipinski definition) is 3. The van der Waals surface area contributed by atoms with Gasteiger partial charge in [-0.2, -0.15) is 4.91 Å². The lowest BCUT2D eigenvalue weighted by molar-refractivity contribution is 0.256. The minimum Gasteiger partial charge on any atom is -0.352 e. The topological polar surface area (TPSA) is 98.5 Å². The molecule has 4 N–H and O–H groups in total. The first-order chi connectivity index (χ1) is 3.65. The van der Waals surface area contributed by atoms with Gasteiger partial charge in [0.05, 0.1) is 6.54 Å². The summed E-state index contributed by atoms with van der Waals surface area (Å²) in [5.41, 5.74) is 8.50. The van der Waals surface area contributed by atoms with Crippen LogP contribution in [0.15, 0.2) is 5.18 Å². The fraction of sp³-hybridized carbons (Fsp3) is 0.667. The maximum Gasteiger partial charge on any atom is 0.309 e. The zero-order chi connectivity index (χ0) is 6.99. The summed E-state index contributed by atoms with van der Waals surface area (Å²) in [7, 11) is 0. The summed E-state index contributed by atoms with van der Waals surface area (Å²) in [5, 5.41) is 2.49. The van der Waals surface area contributed by atoms with Crippen molar-refractivity contribution < 1.29 is 4.79 Å². The van der Waals surface area contributed by atoms with Gasteiger partial charge >= 0.3 is 6.03 Å². The number of nitrogens with zero attached hydrogens (tertiary/aromatic N) is 1. The van der Waals surface area contributed by atoms with E-state index in [2.05, 4.69) is 16.6 Å². The molecule has 5 nitrogen and oxygen atoms in total. The summed E-state index contributed by atoms with van der Waals surface area (Å²) in [6.07, 6.45) is 0. The average molecular weight is 119 g/mol. The van der Waals surface area contributed by atoms with E-state index in [4.69, 9.17) is 9.70 Å². The molecule has 2 amide bonds. The Hall–Kier alpha value is -1.13. The van der Waals surface area contributed by atoms with Crippen molar-refractivity contribution in [3.63, 3.8) is 0 Å². The number of carbonyl (C=O) groups is 1. The van der Waals surface area contributed by atoms with E-state index in [1.807, 2.05) is 0 Å². The standard InChI is InChI=1S/C2H5NO.CH4N2O/c1-2-3-4;2-1(3)4/h2H2,1H3;(H4,2,3,4). The molecule has 48 valence electrons. The first kappa shape index (κ1) is 9.98. The van der Waals surface area contributed by atoms with E-state index < -0.39 is 6.03 Å².